The molecule has 0 spiro atoms. The first-order valence-corrected chi connectivity index (χ1v) is 7.86. The molecule has 0 aromatic carbocycles. The minimum absolute atomic E-state index is 0.225. The van der Waals surface area contributed by atoms with Crippen molar-refractivity contribution in [3.05, 3.63) is 0 Å². The molecule has 1 heterocycles. The van der Waals surface area contributed by atoms with Crippen LogP contribution >= 0.6 is 0 Å². The second-order valence-corrected chi connectivity index (χ2v) is 5.98. The zero-order chi connectivity index (χ0) is 14.1. The fourth-order valence-electron chi connectivity index (χ4n) is 2.72. The molecule has 1 amide bonds. The van der Waals surface area contributed by atoms with Crippen molar-refractivity contribution in [2.24, 2.45) is 5.73 Å². The molecule has 112 valence electrons. The summed E-state index contributed by atoms with van der Waals surface area (Å²) in [5.41, 5.74) is 5.00. The Kier molecular flexibility index (Phi) is 7.39. The maximum Gasteiger partial charge on any atom is 0.237 e. The Morgan fingerprint density at radius 1 is 1.26 bits per heavy atom. The summed E-state index contributed by atoms with van der Waals surface area (Å²) in [7, 11) is 0. The van der Waals surface area contributed by atoms with E-state index in [2.05, 4.69) is 17.1 Å². The fraction of sp³-hybridized carbons (Fsp3) is 0.933. The van der Waals surface area contributed by atoms with Gasteiger partial charge in [0, 0.05) is 0 Å². The van der Waals surface area contributed by atoms with Crippen LogP contribution in [-0.2, 0) is 4.79 Å². The highest BCUT2D eigenvalue weighted by molar-refractivity contribution is 5.84. The lowest BCUT2D eigenvalue weighted by Crippen LogP contribution is -2.53. The van der Waals surface area contributed by atoms with E-state index in [0.717, 1.165) is 32.4 Å². The van der Waals surface area contributed by atoms with E-state index >= 15 is 0 Å². The molecule has 0 saturated carbocycles. The Morgan fingerprint density at radius 3 is 2.42 bits per heavy atom. The van der Waals surface area contributed by atoms with Crippen LogP contribution in [0.2, 0.25) is 0 Å². The number of hydrogen-bond acceptors (Lipinski definition) is 3. The van der Waals surface area contributed by atoms with Crippen molar-refractivity contribution in [2.45, 2.75) is 64.3 Å². The quantitative estimate of drug-likeness (QED) is 0.707. The third-order valence-corrected chi connectivity index (χ3v) is 4.16. The predicted molar refractivity (Wildman–Crippen MR) is 80.0 cm³/mol. The molecule has 1 saturated heterocycles. The molecular weight excluding hydrogens is 238 g/mol. The third-order valence-electron chi connectivity index (χ3n) is 4.16. The van der Waals surface area contributed by atoms with E-state index in [0.29, 0.717) is 0 Å². The van der Waals surface area contributed by atoms with Gasteiger partial charge >= 0.3 is 0 Å². The number of rotatable bonds is 8. The average molecular weight is 269 g/mol. The number of nitrogens with zero attached hydrogens (tertiary/aromatic N) is 1. The molecule has 19 heavy (non-hydrogen) atoms. The standard InChI is InChI=1S/C15H31N3O/c1-3-10-17-15(2,14(16)19)9-8-13-18-11-6-4-5-7-12-18/h17H,3-13H2,1-2H3,(H2,16,19). The summed E-state index contributed by atoms with van der Waals surface area (Å²) in [5.74, 6) is -0.225. The van der Waals surface area contributed by atoms with E-state index in [1.807, 2.05) is 6.92 Å². The molecule has 4 nitrogen and oxygen atoms in total. The lowest BCUT2D eigenvalue weighted by Gasteiger charge is -2.29. The van der Waals surface area contributed by atoms with Crippen LogP contribution in [0.4, 0.5) is 0 Å². The average Bonchev–Trinajstić information content (AvgIpc) is 2.65. The summed E-state index contributed by atoms with van der Waals surface area (Å²) in [5, 5.41) is 3.30. The number of amides is 1. The molecule has 4 heteroatoms. The maximum atomic E-state index is 11.6. The second kappa shape index (κ2) is 8.54. The van der Waals surface area contributed by atoms with Crippen molar-refractivity contribution >= 4 is 5.91 Å². The van der Waals surface area contributed by atoms with Crippen molar-refractivity contribution in [3.8, 4) is 0 Å². The zero-order valence-corrected chi connectivity index (χ0v) is 12.7. The van der Waals surface area contributed by atoms with Gasteiger partial charge in [-0.25, -0.2) is 0 Å². The fourth-order valence-corrected chi connectivity index (χ4v) is 2.72. The Morgan fingerprint density at radius 2 is 1.89 bits per heavy atom. The van der Waals surface area contributed by atoms with Gasteiger partial charge in [0.25, 0.3) is 0 Å². The van der Waals surface area contributed by atoms with Crippen molar-refractivity contribution < 1.29 is 4.79 Å². The van der Waals surface area contributed by atoms with Gasteiger partial charge in [-0.3, -0.25) is 4.79 Å². The number of nitrogens with two attached hydrogens (primary N) is 1. The van der Waals surface area contributed by atoms with E-state index in [1.54, 1.807) is 0 Å². The first-order chi connectivity index (χ1) is 9.08. The van der Waals surface area contributed by atoms with E-state index in [-0.39, 0.29) is 5.91 Å². The van der Waals surface area contributed by atoms with Crippen LogP contribution in [0.5, 0.6) is 0 Å². The van der Waals surface area contributed by atoms with Gasteiger partial charge in [-0.15, -0.1) is 0 Å². The summed E-state index contributed by atoms with van der Waals surface area (Å²) < 4.78 is 0. The summed E-state index contributed by atoms with van der Waals surface area (Å²) >= 11 is 0. The third kappa shape index (κ3) is 5.91. The molecule has 3 N–H and O–H groups in total. The van der Waals surface area contributed by atoms with Gasteiger partial charge in [-0.05, 0) is 65.2 Å². The molecule has 1 aliphatic rings. The van der Waals surface area contributed by atoms with Gasteiger partial charge in [0.2, 0.25) is 5.91 Å². The van der Waals surface area contributed by atoms with Crippen LogP contribution in [0.3, 0.4) is 0 Å². The Hall–Kier alpha value is -0.610. The number of nitrogens with one attached hydrogen (secondary N) is 1. The van der Waals surface area contributed by atoms with Crippen molar-refractivity contribution in [2.75, 3.05) is 26.2 Å². The zero-order valence-electron chi connectivity index (χ0n) is 12.7. The van der Waals surface area contributed by atoms with Crippen LogP contribution < -0.4 is 11.1 Å². The summed E-state index contributed by atoms with van der Waals surface area (Å²) in [4.78, 5) is 14.1. The highest BCUT2D eigenvalue weighted by Gasteiger charge is 2.29. The van der Waals surface area contributed by atoms with Crippen molar-refractivity contribution in [1.82, 2.24) is 10.2 Å². The van der Waals surface area contributed by atoms with Crippen molar-refractivity contribution in [1.29, 1.82) is 0 Å². The maximum absolute atomic E-state index is 11.6. The van der Waals surface area contributed by atoms with Gasteiger partial charge in [0.15, 0.2) is 0 Å². The second-order valence-electron chi connectivity index (χ2n) is 5.98. The van der Waals surface area contributed by atoms with Gasteiger partial charge in [0.05, 0.1) is 5.54 Å². The molecule has 1 aliphatic heterocycles. The lowest BCUT2D eigenvalue weighted by molar-refractivity contribution is -0.124. The molecule has 0 aromatic rings. The van der Waals surface area contributed by atoms with Crippen LogP contribution in [0.25, 0.3) is 0 Å². The normalized spacial score (nSPS) is 20.7. The lowest BCUT2D eigenvalue weighted by atomic mass is 9.94. The molecule has 0 aromatic heterocycles. The minimum atomic E-state index is -0.540. The van der Waals surface area contributed by atoms with Crippen LogP contribution in [0.1, 0.15) is 58.8 Å². The van der Waals surface area contributed by atoms with Crippen molar-refractivity contribution in [3.63, 3.8) is 0 Å². The Labute approximate surface area is 118 Å². The summed E-state index contributed by atoms with van der Waals surface area (Å²) in [6.07, 6.45) is 8.27. The number of hydrogen-bond donors (Lipinski definition) is 2. The largest absolute Gasteiger partial charge is 0.368 e. The summed E-state index contributed by atoms with van der Waals surface area (Å²) in [6.45, 7) is 8.42. The molecule has 0 aliphatic carbocycles. The molecule has 1 fully saturated rings. The molecular formula is C15H31N3O. The highest BCUT2D eigenvalue weighted by atomic mass is 16.1. The summed E-state index contributed by atoms with van der Waals surface area (Å²) in [6, 6.07) is 0. The smallest absolute Gasteiger partial charge is 0.237 e. The van der Waals surface area contributed by atoms with Crippen LogP contribution in [-0.4, -0.2) is 42.5 Å². The molecule has 0 radical (unpaired) electrons. The van der Waals surface area contributed by atoms with Gasteiger partial charge in [-0.1, -0.05) is 19.8 Å². The minimum Gasteiger partial charge on any atom is -0.368 e. The molecule has 1 atom stereocenters. The van der Waals surface area contributed by atoms with Crippen LogP contribution in [0, 0.1) is 0 Å². The van der Waals surface area contributed by atoms with Gasteiger partial charge in [-0.2, -0.15) is 0 Å². The van der Waals surface area contributed by atoms with Gasteiger partial charge < -0.3 is 16.0 Å². The van der Waals surface area contributed by atoms with E-state index in [4.69, 9.17) is 5.73 Å². The number of carbonyl (C=O) groups excluding carboxylic acids is 1. The highest BCUT2D eigenvalue weighted by Crippen LogP contribution is 2.15. The SMILES string of the molecule is CCCNC(C)(CCCN1CCCCCC1)C(N)=O. The number of carbonyl (C=O) groups is 1. The van der Waals surface area contributed by atoms with E-state index in [9.17, 15) is 4.79 Å². The number of primary amides is 1. The number of likely N-dealkylation sites (tertiary alicyclic amines) is 1. The molecule has 1 rings (SSSR count). The first-order valence-electron chi connectivity index (χ1n) is 7.86. The first kappa shape index (κ1) is 16.4. The van der Waals surface area contributed by atoms with Crippen LogP contribution in [0.15, 0.2) is 0 Å². The molecule has 0 bridgehead atoms. The Bertz CT molecular complexity index is 262. The Balaban J connectivity index is 2.32. The van der Waals surface area contributed by atoms with Gasteiger partial charge in [0.1, 0.15) is 0 Å². The topological polar surface area (TPSA) is 58.4 Å². The molecule has 1 unspecified atom stereocenters. The monoisotopic (exact) mass is 269 g/mol. The van der Waals surface area contributed by atoms with E-state index in [1.165, 1.54) is 38.8 Å². The predicted octanol–water partition coefficient (Wildman–Crippen LogP) is 1.89. The van der Waals surface area contributed by atoms with E-state index < -0.39 is 5.54 Å².